The molecule has 0 bridgehead atoms. The minimum atomic E-state index is 0.361. The smallest absolute Gasteiger partial charge is 0.0104 e. The van der Waals surface area contributed by atoms with Crippen LogP contribution in [0, 0.1) is 17.3 Å². The van der Waals surface area contributed by atoms with Gasteiger partial charge in [-0.15, -0.1) is 0 Å². The van der Waals surface area contributed by atoms with E-state index >= 15 is 0 Å². The third kappa shape index (κ3) is 4.96. The largest absolute Gasteiger partial charge is 0.0847 e. The van der Waals surface area contributed by atoms with Crippen molar-refractivity contribution < 1.29 is 0 Å². The van der Waals surface area contributed by atoms with E-state index in [0.29, 0.717) is 5.41 Å². The molecule has 0 spiro atoms. The molecule has 0 heteroatoms. The second-order valence-corrected chi connectivity index (χ2v) is 8.29. The Balaban J connectivity index is 2.13. The predicted octanol–water partition coefficient (Wildman–Crippen LogP) is 7.40. The molecule has 2 rings (SSSR count). The first kappa shape index (κ1) is 18.3. The summed E-state index contributed by atoms with van der Waals surface area (Å²) in [7, 11) is 0. The van der Waals surface area contributed by atoms with Crippen LogP contribution < -0.4 is 0 Å². The Morgan fingerprint density at radius 2 is 1.70 bits per heavy atom. The van der Waals surface area contributed by atoms with Crippen LogP contribution in [0.4, 0.5) is 0 Å². The molecule has 0 aromatic heterocycles. The zero-order chi connectivity index (χ0) is 16.9. The fourth-order valence-electron chi connectivity index (χ4n) is 4.27. The van der Waals surface area contributed by atoms with E-state index in [9.17, 15) is 0 Å². The van der Waals surface area contributed by atoms with Gasteiger partial charge in [0.05, 0.1) is 0 Å². The van der Waals surface area contributed by atoms with Crippen LogP contribution in [0.2, 0.25) is 0 Å². The van der Waals surface area contributed by atoms with Crippen LogP contribution in [0.1, 0.15) is 79.6 Å². The number of rotatable bonds is 4. The van der Waals surface area contributed by atoms with Crippen LogP contribution in [0.3, 0.4) is 0 Å². The van der Waals surface area contributed by atoms with Crippen molar-refractivity contribution in [1.29, 1.82) is 0 Å². The summed E-state index contributed by atoms with van der Waals surface area (Å²) in [6.07, 6.45) is 21.5. The maximum Gasteiger partial charge on any atom is -0.0104 e. The van der Waals surface area contributed by atoms with Crippen molar-refractivity contribution >= 4 is 0 Å². The van der Waals surface area contributed by atoms with Gasteiger partial charge in [0, 0.05) is 0 Å². The van der Waals surface area contributed by atoms with E-state index < -0.39 is 0 Å². The second-order valence-electron chi connectivity index (χ2n) is 8.29. The zero-order valence-electron chi connectivity index (χ0n) is 16.0. The van der Waals surface area contributed by atoms with Crippen molar-refractivity contribution in [2.24, 2.45) is 17.3 Å². The maximum absolute atomic E-state index is 2.55. The Morgan fingerprint density at radius 3 is 2.30 bits per heavy atom. The van der Waals surface area contributed by atoms with Crippen LogP contribution in [0.25, 0.3) is 0 Å². The van der Waals surface area contributed by atoms with Crippen LogP contribution in [0.5, 0.6) is 0 Å². The highest BCUT2D eigenvalue weighted by Crippen LogP contribution is 2.41. The molecule has 0 amide bonds. The van der Waals surface area contributed by atoms with Gasteiger partial charge in [-0.2, -0.15) is 0 Å². The molecule has 2 aliphatic carbocycles. The molecule has 0 radical (unpaired) electrons. The number of allylic oxidation sites excluding steroid dienone is 8. The first-order chi connectivity index (χ1) is 10.9. The summed E-state index contributed by atoms with van der Waals surface area (Å²) in [6, 6.07) is 0. The van der Waals surface area contributed by atoms with Gasteiger partial charge in [0.1, 0.15) is 0 Å². The molecule has 23 heavy (non-hydrogen) atoms. The summed E-state index contributed by atoms with van der Waals surface area (Å²) in [5, 5.41) is 0. The summed E-state index contributed by atoms with van der Waals surface area (Å²) < 4.78 is 0. The van der Waals surface area contributed by atoms with Gasteiger partial charge in [-0.05, 0) is 75.7 Å². The first-order valence-electron chi connectivity index (χ1n) is 9.63. The van der Waals surface area contributed by atoms with Crippen molar-refractivity contribution in [3.05, 3.63) is 47.1 Å². The Bertz CT molecular complexity index is 510. The molecule has 2 aliphatic rings. The highest BCUT2D eigenvalue weighted by atomic mass is 14.3. The molecule has 0 aliphatic heterocycles. The lowest BCUT2D eigenvalue weighted by molar-refractivity contribution is 0.335. The summed E-state index contributed by atoms with van der Waals surface area (Å²) in [6.45, 7) is 11.5. The van der Waals surface area contributed by atoms with Gasteiger partial charge in [-0.3, -0.25) is 0 Å². The van der Waals surface area contributed by atoms with Gasteiger partial charge in [-0.1, -0.05) is 68.2 Å². The van der Waals surface area contributed by atoms with Gasteiger partial charge >= 0.3 is 0 Å². The second kappa shape index (κ2) is 8.18. The monoisotopic (exact) mass is 312 g/mol. The topological polar surface area (TPSA) is 0 Å². The molecule has 1 saturated carbocycles. The third-order valence-electron chi connectivity index (χ3n) is 5.99. The minimum absolute atomic E-state index is 0.361. The summed E-state index contributed by atoms with van der Waals surface area (Å²) in [5.41, 5.74) is 4.97. The Morgan fingerprint density at radius 1 is 1.04 bits per heavy atom. The van der Waals surface area contributed by atoms with Crippen LogP contribution >= 0.6 is 0 Å². The summed E-state index contributed by atoms with van der Waals surface area (Å²) in [5.74, 6) is 1.45. The van der Waals surface area contributed by atoms with E-state index in [1.807, 2.05) is 0 Å². The third-order valence-corrected chi connectivity index (χ3v) is 5.99. The standard InChI is InChI=1S/C23H36/c1-6-18(2)13-14-20-11-7-8-12-21(20)15-16-22-19(3)10-9-17-23(22,4)5/h6,13-16,20-21H,7-12,17H2,1-5H3/b14-13+,16-15+,18-6+/t20-,21?/m1/s1. The van der Waals surface area contributed by atoms with Gasteiger partial charge in [-0.25, -0.2) is 0 Å². The van der Waals surface area contributed by atoms with Gasteiger partial charge in [0.25, 0.3) is 0 Å². The lowest BCUT2D eigenvalue weighted by atomic mass is 9.71. The van der Waals surface area contributed by atoms with Crippen molar-refractivity contribution in [2.45, 2.75) is 79.6 Å². The van der Waals surface area contributed by atoms with E-state index in [4.69, 9.17) is 0 Å². The van der Waals surface area contributed by atoms with E-state index in [0.717, 1.165) is 11.8 Å². The molecule has 0 N–H and O–H groups in total. The van der Waals surface area contributed by atoms with Gasteiger partial charge in [0.15, 0.2) is 0 Å². The highest BCUT2D eigenvalue weighted by Gasteiger charge is 2.27. The van der Waals surface area contributed by atoms with E-state index in [2.05, 4.69) is 65.0 Å². The molecular formula is C23H36. The minimum Gasteiger partial charge on any atom is -0.0847 e. The molecule has 0 nitrogen and oxygen atoms in total. The molecule has 0 saturated heterocycles. The van der Waals surface area contributed by atoms with Gasteiger partial charge < -0.3 is 0 Å². The molecule has 0 aromatic carbocycles. The average Bonchev–Trinajstić information content (AvgIpc) is 2.52. The average molecular weight is 313 g/mol. The first-order valence-corrected chi connectivity index (χ1v) is 9.63. The van der Waals surface area contributed by atoms with E-state index in [-0.39, 0.29) is 0 Å². The summed E-state index contributed by atoms with van der Waals surface area (Å²) in [4.78, 5) is 0. The van der Waals surface area contributed by atoms with E-state index in [1.54, 1.807) is 11.1 Å². The molecule has 1 unspecified atom stereocenters. The fraction of sp³-hybridized carbons (Fsp3) is 0.652. The normalized spacial score (nSPS) is 29.7. The quantitative estimate of drug-likeness (QED) is 0.474. The van der Waals surface area contributed by atoms with Gasteiger partial charge in [0.2, 0.25) is 0 Å². The molecular weight excluding hydrogens is 276 g/mol. The lowest BCUT2D eigenvalue weighted by Gasteiger charge is -2.34. The van der Waals surface area contributed by atoms with E-state index in [1.165, 1.54) is 50.5 Å². The fourth-order valence-corrected chi connectivity index (χ4v) is 4.27. The van der Waals surface area contributed by atoms with Crippen molar-refractivity contribution in [2.75, 3.05) is 0 Å². The molecule has 128 valence electrons. The SMILES string of the molecule is C/C=C(C)/C=C/[C@H]1CCCCC1/C=C/C1=C(C)CCCC1(C)C. The lowest BCUT2D eigenvalue weighted by Crippen LogP contribution is -2.20. The van der Waals surface area contributed by atoms with Crippen molar-refractivity contribution in [1.82, 2.24) is 0 Å². The van der Waals surface area contributed by atoms with Crippen molar-refractivity contribution in [3.8, 4) is 0 Å². The van der Waals surface area contributed by atoms with Crippen LogP contribution in [-0.2, 0) is 0 Å². The Hall–Kier alpha value is -1.04. The summed E-state index contributed by atoms with van der Waals surface area (Å²) >= 11 is 0. The molecule has 0 heterocycles. The Labute approximate surface area is 144 Å². The highest BCUT2D eigenvalue weighted by molar-refractivity contribution is 5.33. The van der Waals surface area contributed by atoms with Crippen LogP contribution in [-0.4, -0.2) is 0 Å². The number of hydrogen-bond donors (Lipinski definition) is 0. The molecule has 0 aromatic rings. The van der Waals surface area contributed by atoms with Crippen LogP contribution in [0.15, 0.2) is 47.1 Å². The molecule has 1 fully saturated rings. The molecule has 2 atom stereocenters. The maximum atomic E-state index is 2.55. The zero-order valence-corrected chi connectivity index (χ0v) is 16.0. The number of hydrogen-bond acceptors (Lipinski definition) is 0. The predicted molar refractivity (Wildman–Crippen MR) is 103 cm³/mol. The van der Waals surface area contributed by atoms with Crippen molar-refractivity contribution in [3.63, 3.8) is 0 Å². The Kier molecular flexibility index (Phi) is 6.50.